The summed E-state index contributed by atoms with van der Waals surface area (Å²) in [5.41, 5.74) is 3.99. The molecule has 2 heterocycles. The van der Waals surface area contributed by atoms with E-state index < -0.39 is 70.2 Å². The SMILES string of the molecule is Cc1ccc(NN2C(=O)C3CC4C(=CCC5C(=O)N(O)C(=O)C54)C(c4cccc(F)c4O)C3(c3ccccc3)C2=O)cc1. The van der Waals surface area contributed by atoms with Gasteiger partial charge in [-0.05, 0) is 49.4 Å². The summed E-state index contributed by atoms with van der Waals surface area (Å²) in [7, 11) is 0. The van der Waals surface area contributed by atoms with Gasteiger partial charge in [-0.25, -0.2) is 4.39 Å². The number of aryl methyl sites for hydroxylation is 1. The number of phenols is 1. The maximum absolute atomic E-state index is 15.0. The number of imide groups is 2. The molecule has 2 saturated heterocycles. The van der Waals surface area contributed by atoms with E-state index >= 15 is 0 Å². The molecular weight excluding hydrogens is 553 g/mol. The van der Waals surface area contributed by atoms with E-state index in [9.17, 15) is 33.9 Å². The molecule has 4 amide bonds. The Hall–Kier alpha value is -4.83. The summed E-state index contributed by atoms with van der Waals surface area (Å²) in [4.78, 5) is 55.3. The summed E-state index contributed by atoms with van der Waals surface area (Å²) in [6.07, 6.45) is 1.89. The molecule has 1 saturated carbocycles. The molecule has 2 aliphatic heterocycles. The third-order valence-corrected chi connectivity index (χ3v) is 9.70. The summed E-state index contributed by atoms with van der Waals surface area (Å²) in [5.74, 6) is -8.80. The number of allylic oxidation sites excluding steroid dienone is 2. The van der Waals surface area contributed by atoms with Crippen molar-refractivity contribution < 1.29 is 33.9 Å². The minimum absolute atomic E-state index is 0.0258. The van der Waals surface area contributed by atoms with E-state index in [0.29, 0.717) is 16.8 Å². The summed E-state index contributed by atoms with van der Waals surface area (Å²) >= 11 is 0. The van der Waals surface area contributed by atoms with E-state index in [4.69, 9.17) is 0 Å². The highest BCUT2D eigenvalue weighted by Gasteiger charge is 2.70. The lowest BCUT2D eigenvalue weighted by Gasteiger charge is -2.50. The first-order valence-electron chi connectivity index (χ1n) is 14.2. The van der Waals surface area contributed by atoms with Gasteiger partial charge in [-0.1, -0.05) is 71.8 Å². The number of hydrogen-bond donors (Lipinski definition) is 3. The van der Waals surface area contributed by atoms with Crippen LogP contribution >= 0.6 is 0 Å². The van der Waals surface area contributed by atoms with Gasteiger partial charge in [0.15, 0.2) is 11.6 Å². The van der Waals surface area contributed by atoms with Crippen LogP contribution in [0.3, 0.4) is 0 Å². The Bertz CT molecular complexity index is 1720. The van der Waals surface area contributed by atoms with Crippen molar-refractivity contribution in [2.24, 2.45) is 23.7 Å². The lowest BCUT2D eigenvalue weighted by Crippen LogP contribution is -2.53. The van der Waals surface area contributed by atoms with Crippen molar-refractivity contribution in [3.8, 4) is 5.75 Å². The number of aromatic hydroxyl groups is 1. The zero-order chi connectivity index (χ0) is 30.2. The fraction of sp³-hybridized carbons (Fsp3) is 0.273. The molecular formula is C33H28FN3O6. The van der Waals surface area contributed by atoms with Crippen molar-refractivity contribution in [3.05, 3.63) is 107 Å². The number of halogens is 1. The number of nitrogens with zero attached hydrogens (tertiary/aromatic N) is 2. The number of hydrogen-bond acceptors (Lipinski definition) is 7. The quantitative estimate of drug-likeness (QED) is 0.239. The van der Waals surface area contributed by atoms with E-state index in [1.807, 2.05) is 19.1 Å². The van der Waals surface area contributed by atoms with Gasteiger partial charge in [-0.3, -0.25) is 29.8 Å². The molecule has 2 aliphatic carbocycles. The lowest BCUT2D eigenvalue weighted by molar-refractivity contribution is -0.173. The highest BCUT2D eigenvalue weighted by Crippen LogP contribution is 2.64. The smallest absolute Gasteiger partial charge is 0.260 e. The van der Waals surface area contributed by atoms with Gasteiger partial charge in [0.05, 0.1) is 28.9 Å². The second kappa shape index (κ2) is 9.60. The number of benzene rings is 3. The number of anilines is 1. The Balaban J connectivity index is 1.48. The van der Waals surface area contributed by atoms with Gasteiger partial charge < -0.3 is 5.11 Å². The van der Waals surface area contributed by atoms with Crippen LogP contribution in [-0.2, 0) is 24.6 Å². The molecule has 7 rings (SSSR count). The molecule has 0 radical (unpaired) electrons. The maximum atomic E-state index is 15.0. The van der Waals surface area contributed by atoms with Crippen molar-refractivity contribution in [1.29, 1.82) is 0 Å². The minimum Gasteiger partial charge on any atom is -0.505 e. The predicted octanol–water partition coefficient (Wildman–Crippen LogP) is 4.21. The summed E-state index contributed by atoms with van der Waals surface area (Å²) in [5, 5.41) is 22.5. The summed E-state index contributed by atoms with van der Waals surface area (Å²) in [6.45, 7) is 1.91. The first kappa shape index (κ1) is 27.0. The molecule has 4 aliphatic rings. The van der Waals surface area contributed by atoms with E-state index in [-0.39, 0.29) is 23.5 Å². The molecule has 3 aromatic rings. The van der Waals surface area contributed by atoms with E-state index in [1.165, 1.54) is 12.1 Å². The fourth-order valence-corrected chi connectivity index (χ4v) is 7.84. The number of carbonyl (C=O) groups is 4. The first-order chi connectivity index (χ1) is 20.7. The average Bonchev–Trinajstić information content (AvgIpc) is 3.37. The third kappa shape index (κ3) is 3.65. The Morgan fingerprint density at radius 2 is 1.60 bits per heavy atom. The predicted molar refractivity (Wildman–Crippen MR) is 150 cm³/mol. The largest absolute Gasteiger partial charge is 0.505 e. The summed E-state index contributed by atoms with van der Waals surface area (Å²) in [6, 6.07) is 20.0. The van der Waals surface area contributed by atoms with Crippen LogP contribution in [0, 0.1) is 36.4 Å². The molecule has 0 aromatic heterocycles. The molecule has 0 spiro atoms. The average molecular weight is 582 g/mol. The van der Waals surface area contributed by atoms with Gasteiger partial charge in [0.25, 0.3) is 23.6 Å². The zero-order valence-corrected chi connectivity index (χ0v) is 23.1. The molecule has 0 bridgehead atoms. The van der Waals surface area contributed by atoms with E-state index in [0.717, 1.165) is 16.6 Å². The van der Waals surface area contributed by atoms with E-state index in [2.05, 4.69) is 5.43 Å². The number of rotatable bonds is 4. The van der Waals surface area contributed by atoms with Crippen molar-refractivity contribution in [1.82, 2.24) is 10.1 Å². The van der Waals surface area contributed by atoms with Crippen LogP contribution in [0.4, 0.5) is 10.1 Å². The third-order valence-electron chi connectivity index (χ3n) is 9.70. The number of carbonyl (C=O) groups excluding carboxylic acids is 4. The second-order valence-corrected chi connectivity index (χ2v) is 11.8. The highest BCUT2D eigenvalue weighted by atomic mass is 19.1. The molecule has 43 heavy (non-hydrogen) atoms. The number of para-hydroxylation sites is 1. The monoisotopic (exact) mass is 581 g/mol. The number of hydroxylamine groups is 2. The number of amides is 4. The van der Waals surface area contributed by atoms with Crippen molar-refractivity contribution in [2.45, 2.75) is 31.1 Å². The molecule has 9 nitrogen and oxygen atoms in total. The van der Waals surface area contributed by atoms with Crippen molar-refractivity contribution >= 4 is 29.3 Å². The Morgan fingerprint density at radius 1 is 0.884 bits per heavy atom. The van der Waals surface area contributed by atoms with Crippen LogP contribution in [0.2, 0.25) is 0 Å². The minimum atomic E-state index is -1.62. The first-order valence-corrected chi connectivity index (χ1v) is 14.2. The van der Waals surface area contributed by atoms with Crippen molar-refractivity contribution in [3.63, 3.8) is 0 Å². The molecule has 6 atom stereocenters. The molecule has 6 unspecified atom stereocenters. The lowest BCUT2D eigenvalue weighted by atomic mass is 9.49. The van der Waals surface area contributed by atoms with Gasteiger partial charge >= 0.3 is 0 Å². The van der Waals surface area contributed by atoms with Gasteiger partial charge in [0, 0.05) is 11.5 Å². The van der Waals surface area contributed by atoms with Gasteiger partial charge in [0.1, 0.15) is 0 Å². The summed E-state index contributed by atoms with van der Waals surface area (Å²) < 4.78 is 15.0. The topological polar surface area (TPSA) is 127 Å². The Morgan fingerprint density at radius 3 is 2.33 bits per heavy atom. The van der Waals surface area contributed by atoms with Gasteiger partial charge in [0.2, 0.25) is 0 Å². The van der Waals surface area contributed by atoms with Crippen LogP contribution < -0.4 is 5.43 Å². The zero-order valence-electron chi connectivity index (χ0n) is 23.1. The van der Waals surface area contributed by atoms with Gasteiger partial charge in [-0.15, -0.1) is 0 Å². The fourth-order valence-electron chi connectivity index (χ4n) is 7.84. The number of fused-ring (bicyclic) bond motifs is 4. The molecule has 3 N–H and O–H groups in total. The highest BCUT2D eigenvalue weighted by molar-refractivity contribution is 6.13. The Kier molecular flexibility index (Phi) is 6.04. The number of nitrogens with one attached hydrogen (secondary N) is 1. The number of hydrazine groups is 1. The van der Waals surface area contributed by atoms with Crippen molar-refractivity contribution in [2.75, 3.05) is 5.43 Å². The number of phenolic OH excluding ortho intramolecular Hbond substituents is 1. The van der Waals surface area contributed by atoms with Gasteiger partial charge in [-0.2, -0.15) is 10.1 Å². The van der Waals surface area contributed by atoms with Crippen LogP contribution in [0.25, 0.3) is 0 Å². The maximum Gasteiger partial charge on any atom is 0.260 e. The standard InChI is InChI=1S/C33H28FN3O6/c1-17-10-12-19(13-11-17)35-36-30(40)24-16-23-20(14-15-21-26(23)31(41)37(43)29(21)39)27(22-8-5-9-25(34)28(22)38)33(24,32(36)42)18-6-3-2-4-7-18/h2-14,21,23-24,26-27,35,38,43H,15-16H2,1H3. The second-order valence-electron chi connectivity index (χ2n) is 11.8. The molecule has 10 heteroatoms. The van der Waals surface area contributed by atoms with Crippen LogP contribution in [0.15, 0.2) is 84.4 Å². The normalized spacial score (nSPS) is 29.7. The van der Waals surface area contributed by atoms with Crippen LogP contribution in [-0.4, -0.2) is 44.0 Å². The van der Waals surface area contributed by atoms with Crippen LogP contribution in [0.1, 0.15) is 35.4 Å². The molecule has 3 aromatic carbocycles. The van der Waals surface area contributed by atoms with E-state index in [1.54, 1.807) is 48.5 Å². The Labute approximate surface area is 246 Å². The van der Waals surface area contributed by atoms with Crippen LogP contribution in [0.5, 0.6) is 5.75 Å². The molecule has 218 valence electrons. The molecule has 3 fully saturated rings.